The number of amides is 1. The van der Waals surface area contributed by atoms with E-state index in [1.807, 2.05) is 48.7 Å². The topological polar surface area (TPSA) is 44.7 Å². The molecule has 0 saturated heterocycles. The summed E-state index contributed by atoms with van der Waals surface area (Å²) in [5.41, 5.74) is 3.56. The molecule has 2 aromatic carbocycles. The monoisotopic (exact) mass is 381 g/mol. The summed E-state index contributed by atoms with van der Waals surface area (Å²) >= 11 is 6.23. The minimum atomic E-state index is -0.226. The minimum Gasteiger partial charge on any atom is -0.371 e. The summed E-state index contributed by atoms with van der Waals surface area (Å²) in [4.78, 5) is 19.8. The maximum atomic E-state index is 12.9. The summed E-state index contributed by atoms with van der Waals surface area (Å²) in [6.45, 7) is 8.40. The van der Waals surface area contributed by atoms with Crippen molar-refractivity contribution in [2.75, 3.05) is 5.32 Å². The number of carbonyl (C=O) groups is 1. The summed E-state index contributed by atoms with van der Waals surface area (Å²) in [5, 5.41) is 3.58. The molecule has 0 unspecified atom stereocenters. The molecule has 0 saturated carbocycles. The van der Waals surface area contributed by atoms with E-state index in [4.69, 9.17) is 16.6 Å². The van der Waals surface area contributed by atoms with Crippen LogP contribution in [0.25, 0.3) is 0 Å². The lowest BCUT2D eigenvalue weighted by molar-refractivity contribution is -0.112. The van der Waals surface area contributed by atoms with E-state index in [-0.39, 0.29) is 18.0 Å². The van der Waals surface area contributed by atoms with E-state index < -0.39 is 0 Å². The van der Waals surface area contributed by atoms with Crippen molar-refractivity contribution in [1.82, 2.24) is 4.90 Å². The Morgan fingerprint density at radius 1 is 1.04 bits per heavy atom. The van der Waals surface area contributed by atoms with Crippen molar-refractivity contribution in [3.8, 4) is 0 Å². The van der Waals surface area contributed by atoms with Gasteiger partial charge in [-0.3, -0.25) is 4.79 Å². The molecule has 3 rings (SSSR count). The van der Waals surface area contributed by atoms with Crippen LogP contribution in [0.5, 0.6) is 0 Å². The zero-order valence-electron chi connectivity index (χ0n) is 16.0. The van der Waals surface area contributed by atoms with Gasteiger partial charge < -0.3 is 10.2 Å². The first-order chi connectivity index (χ1) is 12.9. The van der Waals surface area contributed by atoms with E-state index in [0.29, 0.717) is 16.4 Å². The number of benzodiazepines with no additional fused rings is 1. The molecule has 1 heterocycles. The second-order valence-electron chi connectivity index (χ2n) is 7.12. The van der Waals surface area contributed by atoms with Gasteiger partial charge in [-0.2, -0.15) is 0 Å². The van der Waals surface area contributed by atoms with Gasteiger partial charge in [0, 0.05) is 34.4 Å². The van der Waals surface area contributed by atoms with E-state index in [0.717, 1.165) is 16.8 Å². The molecule has 5 heteroatoms. The summed E-state index contributed by atoms with van der Waals surface area (Å²) < 4.78 is 0. The highest BCUT2D eigenvalue weighted by Gasteiger charge is 2.23. The highest BCUT2D eigenvalue weighted by Crippen LogP contribution is 2.28. The molecule has 1 aliphatic heterocycles. The van der Waals surface area contributed by atoms with Gasteiger partial charge in [0.1, 0.15) is 5.70 Å². The first-order valence-electron chi connectivity index (χ1n) is 9.11. The van der Waals surface area contributed by atoms with Crippen LogP contribution >= 0.6 is 11.6 Å². The highest BCUT2D eigenvalue weighted by atomic mass is 35.5. The first-order valence-corrected chi connectivity index (χ1v) is 9.49. The molecule has 2 aromatic rings. The molecule has 0 aliphatic carbocycles. The van der Waals surface area contributed by atoms with Crippen LogP contribution in [0.1, 0.15) is 38.8 Å². The minimum absolute atomic E-state index is 0.226. The zero-order valence-corrected chi connectivity index (χ0v) is 16.8. The number of rotatable bonds is 4. The highest BCUT2D eigenvalue weighted by molar-refractivity contribution is 6.32. The van der Waals surface area contributed by atoms with Crippen LogP contribution in [-0.2, 0) is 4.79 Å². The third kappa shape index (κ3) is 4.22. The van der Waals surface area contributed by atoms with E-state index in [1.165, 1.54) is 0 Å². The van der Waals surface area contributed by atoms with Gasteiger partial charge in [0.2, 0.25) is 0 Å². The smallest absolute Gasteiger partial charge is 0.275 e. The standard InChI is InChI=1S/C22H24ClN3O/c1-14(2)26(15(3)4)13-20-22(27)25-19-11-10-17(23)12-18(19)21(24-20)16-8-6-5-7-9-16/h5-15H,1-4H3,(H,25,27). The predicted molar refractivity (Wildman–Crippen MR) is 112 cm³/mol. The second kappa shape index (κ2) is 7.97. The molecule has 0 spiro atoms. The van der Waals surface area contributed by atoms with Crippen LogP contribution in [-0.4, -0.2) is 28.6 Å². The number of nitrogens with zero attached hydrogens (tertiary/aromatic N) is 2. The Morgan fingerprint density at radius 3 is 2.33 bits per heavy atom. The van der Waals surface area contributed by atoms with Gasteiger partial charge in [0.15, 0.2) is 0 Å². The number of nitrogens with one attached hydrogen (secondary N) is 1. The zero-order chi connectivity index (χ0) is 19.6. The average molecular weight is 382 g/mol. The van der Waals surface area contributed by atoms with E-state index in [9.17, 15) is 4.79 Å². The second-order valence-corrected chi connectivity index (χ2v) is 7.56. The Morgan fingerprint density at radius 2 is 1.70 bits per heavy atom. The molecule has 1 amide bonds. The molecule has 0 atom stereocenters. The molecule has 27 heavy (non-hydrogen) atoms. The van der Waals surface area contributed by atoms with Gasteiger partial charge in [0.25, 0.3) is 5.91 Å². The summed E-state index contributed by atoms with van der Waals surface area (Å²) in [7, 11) is 0. The summed E-state index contributed by atoms with van der Waals surface area (Å²) in [6, 6.07) is 15.8. The maximum Gasteiger partial charge on any atom is 0.275 e. The molecule has 0 radical (unpaired) electrons. The number of benzene rings is 2. The van der Waals surface area contributed by atoms with Gasteiger partial charge in [-0.1, -0.05) is 41.9 Å². The molecular formula is C22H24ClN3O. The van der Waals surface area contributed by atoms with Crippen LogP contribution in [0.15, 0.2) is 65.4 Å². The average Bonchev–Trinajstić information content (AvgIpc) is 2.76. The number of hydrogen-bond acceptors (Lipinski definition) is 3. The van der Waals surface area contributed by atoms with Crippen LogP contribution in [0, 0.1) is 0 Å². The van der Waals surface area contributed by atoms with Crippen molar-refractivity contribution in [3.05, 3.63) is 76.6 Å². The summed E-state index contributed by atoms with van der Waals surface area (Å²) in [6.07, 6.45) is 1.85. The molecule has 140 valence electrons. The van der Waals surface area contributed by atoms with Crippen molar-refractivity contribution < 1.29 is 4.79 Å². The van der Waals surface area contributed by atoms with Gasteiger partial charge in [0.05, 0.1) is 11.4 Å². The third-order valence-corrected chi connectivity index (χ3v) is 4.70. The number of fused-ring (bicyclic) bond motifs is 1. The molecule has 0 bridgehead atoms. The quantitative estimate of drug-likeness (QED) is 0.749. The molecule has 0 aromatic heterocycles. The van der Waals surface area contributed by atoms with Crippen molar-refractivity contribution in [2.24, 2.45) is 4.99 Å². The third-order valence-electron chi connectivity index (χ3n) is 4.46. The number of anilines is 1. The molecule has 1 N–H and O–H groups in total. The van der Waals surface area contributed by atoms with E-state index in [2.05, 4.69) is 37.9 Å². The van der Waals surface area contributed by atoms with Gasteiger partial charge in [-0.15, -0.1) is 0 Å². The number of halogens is 1. The van der Waals surface area contributed by atoms with Crippen LogP contribution in [0.3, 0.4) is 0 Å². The molecule has 4 nitrogen and oxygen atoms in total. The Hall–Kier alpha value is -2.59. The fourth-order valence-electron chi connectivity index (χ4n) is 3.18. The molecule has 1 aliphatic rings. The Balaban J connectivity index is 2.20. The fourth-order valence-corrected chi connectivity index (χ4v) is 3.35. The van der Waals surface area contributed by atoms with E-state index in [1.54, 1.807) is 6.07 Å². The van der Waals surface area contributed by atoms with Gasteiger partial charge in [-0.05, 0) is 45.9 Å². The number of aliphatic imine (C=N–C) groups is 1. The van der Waals surface area contributed by atoms with Crippen molar-refractivity contribution in [3.63, 3.8) is 0 Å². The SMILES string of the molecule is CC(C)N(C=C1N=C(c2ccccc2)c2cc(Cl)ccc2NC1=O)C(C)C. The number of hydrogen-bond donors (Lipinski definition) is 1. The van der Waals surface area contributed by atoms with Crippen LogP contribution in [0.2, 0.25) is 5.02 Å². The largest absolute Gasteiger partial charge is 0.371 e. The van der Waals surface area contributed by atoms with Gasteiger partial charge in [-0.25, -0.2) is 4.99 Å². The Labute approximate surface area is 165 Å². The predicted octanol–water partition coefficient (Wildman–Crippen LogP) is 5.09. The summed E-state index contributed by atoms with van der Waals surface area (Å²) in [5.74, 6) is -0.226. The van der Waals surface area contributed by atoms with Crippen LogP contribution in [0.4, 0.5) is 5.69 Å². The normalized spacial score (nSPS) is 15.4. The van der Waals surface area contributed by atoms with Crippen molar-refractivity contribution in [2.45, 2.75) is 39.8 Å². The molecule has 0 fully saturated rings. The van der Waals surface area contributed by atoms with Gasteiger partial charge >= 0.3 is 0 Å². The lowest BCUT2D eigenvalue weighted by Gasteiger charge is -2.29. The molecular weight excluding hydrogens is 358 g/mol. The lowest BCUT2D eigenvalue weighted by Crippen LogP contribution is -2.33. The van der Waals surface area contributed by atoms with Crippen molar-refractivity contribution in [1.29, 1.82) is 0 Å². The first kappa shape index (κ1) is 19.2. The lowest BCUT2D eigenvalue weighted by atomic mass is 10.0. The van der Waals surface area contributed by atoms with Crippen LogP contribution < -0.4 is 5.32 Å². The fraction of sp³-hybridized carbons (Fsp3) is 0.273. The maximum absolute atomic E-state index is 12.9. The van der Waals surface area contributed by atoms with E-state index >= 15 is 0 Å². The number of carbonyl (C=O) groups excluding carboxylic acids is 1. The Kier molecular flexibility index (Phi) is 5.66. The van der Waals surface area contributed by atoms with Crippen molar-refractivity contribution >= 4 is 28.9 Å². The Bertz CT molecular complexity index is 893.